The molecule has 102 valence electrons. The lowest BCUT2D eigenvalue weighted by Gasteiger charge is -2.21. The Hall–Kier alpha value is -0.410. The lowest BCUT2D eigenvalue weighted by molar-refractivity contribution is 0.426. The van der Waals surface area contributed by atoms with Crippen LogP contribution in [0.1, 0.15) is 51.6 Å². The van der Waals surface area contributed by atoms with E-state index in [4.69, 9.17) is 0 Å². The highest BCUT2D eigenvalue weighted by Crippen LogP contribution is 2.27. The van der Waals surface area contributed by atoms with E-state index in [2.05, 4.69) is 42.0 Å². The quantitative estimate of drug-likeness (QED) is 0.741. The fraction of sp³-hybridized carbons (Fsp3) is 0.600. The average molecular weight is 316 g/mol. The Balaban J connectivity index is 2.83. The molecule has 1 rings (SSSR count). The topological polar surface area (TPSA) is 12.0 Å². The molecular weight excluding hydrogens is 293 g/mol. The van der Waals surface area contributed by atoms with Gasteiger partial charge in [-0.3, -0.25) is 0 Å². The summed E-state index contributed by atoms with van der Waals surface area (Å²) >= 11 is 3.26. The van der Waals surface area contributed by atoms with Gasteiger partial charge in [-0.25, -0.2) is 4.39 Å². The summed E-state index contributed by atoms with van der Waals surface area (Å²) in [5.41, 5.74) is 0.776. The summed E-state index contributed by atoms with van der Waals surface area (Å²) in [6.45, 7) is 7.46. The molecule has 0 aliphatic heterocycles. The van der Waals surface area contributed by atoms with Crippen LogP contribution in [-0.4, -0.2) is 6.54 Å². The van der Waals surface area contributed by atoms with Crippen molar-refractivity contribution in [1.29, 1.82) is 0 Å². The van der Waals surface area contributed by atoms with Crippen molar-refractivity contribution < 1.29 is 4.39 Å². The van der Waals surface area contributed by atoms with Crippen LogP contribution in [0, 0.1) is 11.7 Å². The van der Waals surface area contributed by atoms with Crippen LogP contribution >= 0.6 is 15.9 Å². The van der Waals surface area contributed by atoms with Gasteiger partial charge in [0.25, 0.3) is 0 Å². The fourth-order valence-corrected chi connectivity index (χ4v) is 2.36. The van der Waals surface area contributed by atoms with E-state index in [-0.39, 0.29) is 11.9 Å². The van der Waals surface area contributed by atoms with E-state index < -0.39 is 0 Å². The molecule has 1 aromatic carbocycles. The SMILES string of the molecule is CCCNC(CCC(C)C)c1cccc(Br)c1F. The van der Waals surface area contributed by atoms with Crippen molar-refractivity contribution in [2.45, 2.75) is 46.1 Å². The third-order valence-electron chi connectivity index (χ3n) is 3.03. The van der Waals surface area contributed by atoms with Gasteiger partial charge in [0.1, 0.15) is 5.82 Å². The summed E-state index contributed by atoms with van der Waals surface area (Å²) in [7, 11) is 0. The van der Waals surface area contributed by atoms with Crippen LogP contribution in [0.15, 0.2) is 22.7 Å². The zero-order valence-corrected chi connectivity index (χ0v) is 13.1. The van der Waals surface area contributed by atoms with E-state index in [1.54, 1.807) is 6.07 Å². The molecule has 0 heterocycles. The van der Waals surface area contributed by atoms with E-state index in [1.165, 1.54) is 0 Å². The normalized spacial score (nSPS) is 13.0. The third-order valence-corrected chi connectivity index (χ3v) is 3.64. The number of halogens is 2. The smallest absolute Gasteiger partial charge is 0.142 e. The first-order chi connectivity index (χ1) is 8.56. The molecule has 0 radical (unpaired) electrons. The van der Waals surface area contributed by atoms with Gasteiger partial charge in [0, 0.05) is 11.6 Å². The van der Waals surface area contributed by atoms with Crippen LogP contribution in [-0.2, 0) is 0 Å². The monoisotopic (exact) mass is 315 g/mol. The Morgan fingerprint density at radius 2 is 2.00 bits per heavy atom. The van der Waals surface area contributed by atoms with Gasteiger partial charge in [-0.1, -0.05) is 32.9 Å². The fourth-order valence-electron chi connectivity index (χ4n) is 1.98. The Morgan fingerprint density at radius 3 is 2.61 bits per heavy atom. The molecule has 1 atom stereocenters. The van der Waals surface area contributed by atoms with E-state index in [9.17, 15) is 4.39 Å². The van der Waals surface area contributed by atoms with Crippen LogP contribution < -0.4 is 5.32 Å². The van der Waals surface area contributed by atoms with Crippen LogP contribution in [0.3, 0.4) is 0 Å². The highest BCUT2D eigenvalue weighted by Gasteiger charge is 2.16. The maximum atomic E-state index is 14.1. The van der Waals surface area contributed by atoms with Crippen molar-refractivity contribution in [3.05, 3.63) is 34.1 Å². The Labute approximate surface area is 118 Å². The molecule has 0 saturated carbocycles. The molecule has 3 heteroatoms. The Bertz CT molecular complexity index is 366. The van der Waals surface area contributed by atoms with Gasteiger partial charge in [0.15, 0.2) is 0 Å². The molecule has 0 aliphatic carbocycles. The number of hydrogen-bond donors (Lipinski definition) is 1. The molecule has 1 nitrogen and oxygen atoms in total. The van der Waals surface area contributed by atoms with Crippen molar-refractivity contribution in [1.82, 2.24) is 5.32 Å². The first-order valence-corrected chi connectivity index (χ1v) is 7.52. The molecule has 18 heavy (non-hydrogen) atoms. The third kappa shape index (κ3) is 4.69. The molecule has 1 unspecified atom stereocenters. The molecule has 0 spiro atoms. The summed E-state index contributed by atoms with van der Waals surface area (Å²) in [4.78, 5) is 0. The van der Waals surface area contributed by atoms with Gasteiger partial charge in [0.2, 0.25) is 0 Å². The first kappa shape index (κ1) is 15.6. The number of hydrogen-bond acceptors (Lipinski definition) is 1. The van der Waals surface area contributed by atoms with Crippen LogP contribution in [0.2, 0.25) is 0 Å². The predicted molar refractivity (Wildman–Crippen MR) is 79.2 cm³/mol. The largest absolute Gasteiger partial charge is 0.310 e. The zero-order valence-electron chi connectivity index (χ0n) is 11.5. The zero-order chi connectivity index (χ0) is 13.5. The lowest BCUT2D eigenvalue weighted by Crippen LogP contribution is -2.23. The highest BCUT2D eigenvalue weighted by atomic mass is 79.9. The molecule has 0 aliphatic rings. The van der Waals surface area contributed by atoms with Crippen molar-refractivity contribution in [3.8, 4) is 0 Å². The molecule has 0 aromatic heterocycles. The minimum atomic E-state index is -0.130. The van der Waals surface area contributed by atoms with E-state index >= 15 is 0 Å². The summed E-state index contributed by atoms with van der Waals surface area (Å²) in [6, 6.07) is 5.65. The van der Waals surface area contributed by atoms with Crippen molar-refractivity contribution >= 4 is 15.9 Å². The maximum absolute atomic E-state index is 14.1. The van der Waals surface area contributed by atoms with Crippen LogP contribution in [0.25, 0.3) is 0 Å². The summed E-state index contributed by atoms with van der Waals surface area (Å²) in [5, 5.41) is 3.45. The van der Waals surface area contributed by atoms with Gasteiger partial charge in [-0.15, -0.1) is 0 Å². The number of benzene rings is 1. The average Bonchev–Trinajstić information content (AvgIpc) is 2.33. The Kier molecular flexibility index (Phi) is 6.87. The molecule has 0 amide bonds. The maximum Gasteiger partial charge on any atom is 0.142 e. The second-order valence-corrected chi connectivity index (χ2v) is 5.98. The highest BCUT2D eigenvalue weighted by molar-refractivity contribution is 9.10. The molecular formula is C15H23BrFN. The van der Waals surface area contributed by atoms with E-state index in [0.29, 0.717) is 10.4 Å². The van der Waals surface area contributed by atoms with Crippen molar-refractivity contribution in [2.75, 3.05) is 6.54 Å². The molecule has 0 fully saturated rings. The number of rotatable bonds is 7. The lowest BCUT2D eigenvalue weighted by atomic mass is 9.97. The van der Waals surface area contributed by atoms with Crippen molar-refractivity contribution in [2.24, 2.45) is 5.92 Å². The van der Waals surface area contributed by atoms with Crippen molar-refractivity contribution in [3.63, 3.8) is 0 Å². The summed E-state index contributed by atoms with van der Waals surface area (Å²) in [5.74, 6) is 0.515. The van der Waals surface area contributed by atoms with E-state index in [1.807, 2.05) is 12.1 Å². The van der Waals surface area contributed by atoms with Gasteiger partial charge >= 0.3 is 0 Å². The molecule has 1 aromatic rings. The van der Waals surface area contributed by atoms with E-state index in [0.717, 1.165) is 31.4 Å². The molecule has 1 N–H and O–H groups in total. The summed E-state index contributed by atoms with van der Waals surface area (Å²) in [6.07, 6.45) is 3.15. The van der Waals surface area contributed by atoms with Gasteiger partial charge in [-0.05, 0) is 53.7 Å². The minimum Gasteiger partial charge on any atom is -0.310 e. The van der Waals surface area contributed by atoms with Crippen LogP contribution in [0.4, 0.5) is 4.39 Å². The second-order valence-electron chi connectivity index (χ2n) is 5.12. The van der Waals surface area contributed by atoms with Gasteiger partial charge in [-0.2, -0.15) is 0 Å². The standard InChI is InChI=1S/C15H23BrFN/c1-4-10-18-14(9-8-11(2)3)12-6-5-7-13(16)15(12)17/h5-7,11,14,18H,4,8-10H2,1-3H3. The molecule has 0 saturated heterocycles. The summed E-state index contributed by atoms with van der Waals surface area (Å²) < 4.78 is 14.7. The van der Waals surface area contributed by atoms with Crippen LogP contribution in [0.5, 0.6) is 0 Å². The Morgan fingerprint density at radius 1 is 1.28 bits per heavy atom. The first-order valence-electron chi connectivity index (χ1n) is 6.73. The van der Waals surface area contributed by atoms with Gasteiger partial charge in [0.05, 0.1) is 4.47 Å². The predicted octanol–water partition coefficient (Wildman–Crippen LogP) is 5.07. The second kappa shape index (κ2) is 7.90. The molecule has 0 bridgehead atoms. The minimum absolute atomic E-state index is 0.116. The van der Waals surface area contributed by atoms with Gasteiger partial charge < -0.3 is 5.32 Å². The number of nitrogens with one attached hydrogen (secondary N) is 1.